The average molecular weight is 283 g/mol. The second-order valence-electron chi connectivity index (χ2n) is 4.75. The third-order valence-electron chi connectivity index (χ3n) is 3.57. The van der Waals surface area contributed by atoms with E-state index in [0.29, 0.717) is 23.7 Å². The maximum atomic E-state index is 12.3. The van der Waals surface area contributed by atoms with Gasteiger partial charge in [-0.2, -0.15) is 0 Å². The number of methoxy groups -OCH3 is 1. The van der Waals surface area contributed by atoms with Crippen LogP contribution in [0, 0.1) is 0 Å². The van der Waals surface area contributed by atoms with Gasteiger partial charge in [-0.25, -0.2) is 0 Å². The number of hydrogen-bond acceptors (Lipinski definition) is 3. The van der Waals surface area contributed by atoms with E-state index in [1.807, 2.05) is 17.0 Å². The summed E-state index contributed by atoms with van der Waals surface area (Å²) in [6.45, 7) is 1.33. The monoisotopic (exact) mass is 282 g/mol. The van der Waals surface area contributed by atoms with Crippen molar-refractivity contribution in [1.82, 2.24) is 4.90 Å². The van der Waals surface area contributed by atoms with Crippen LogP contribution >= 0.6 is 11.6 Å². The fraction of sp³-hybridized carbons (Fsp3) is 0.500. The van der Waals surface area contributed by atoms with Gasteiger partial charge in [-0.1, -0.05) is 17.7 Å². The third-order valence-corrected chi connectivity index (χ3v) is 3.92. The van der Waals surface area contributed by atoms with Crippen molar-refractivity contribution < 1.29 is 9.53 Å². The molecule has 1 saturated heterocycles. The maximum Gasteiger partial charge on any atom is 0.227 e. The molecule has 19 heavy (non-hydrogen) atoms. The van der Waals surface area contributed by atoms with Gasteiger partial charge in [0.1, 0.15) is 5.75 Å². The highest BCUT2D eigenvalue weighted by molar-refractivity contribution is 6.31. The Labute approximate surface area is 118 Å². The summed E-state index contributed by atoms with van der Waals surface area (Å²) in [5.41, 5.74) is 6.52. The summed E-state index contributed by atoms with van der Waals surface area (Å²) in [5, 5.41) is 0.566. The second-order valence-corrected chi connectivity index (χ2v) is 5.16. The van der Waals surface area contributed by atoms with Crippen molar-refractivity contribution in [3.63, 3.8) is 0 Å². The zero-order valence-corrected chi connectivity index (χ0v) is 11.8. The van der Waals surface area contributed by atoms with Gasteiger partial charge in [0.05, 0.1) is 13.5 Å². The first-order chi connectivity index (χ1) is 9.15. The predicted octanol–water partition coefficient (Wildman–Crippen LogP) is 1.84. The van der Waals surface area contributed by atoms with Gasteiger partial charge in [0.25, 0.3) is 0 Å². The first kappa shape index (κ1) is 14.2. The molecule has 5 heteroatoms. The van der Waals surface area contributed by atoms with E-state index in [9.17, 15) is 4.79 Å². The molecule has 0 spiro atoms. The molecule has 1 aliphatic heterocycles. The lowest BCUT2D eigenvalue weighted by Crippen LogP contribution is -2.40. The van der Waals surface area contributed by atoms with Crippen LogP contribution in [0.3, 0.4) is 0 Å². The van der Waals surface area contributed by atoms with E-state index >= 15 is 0 Å². The number of ether oxygens (including phenoxy) is 1. The van der Waals surface area contributed by atoms with E-state index in [-0.39, 0.29) is 11.9 Å². The molecular formula is C14H19ClN2O2. The Bertz CT molecular complexity index is 465. The number of carbonyl (C=O) groups excluding carboxylic acids is 1. The molecule has 1 aromatic rings. The topological polar surface area (TPSA) is 55.6 Å². The molecule has 1 aliphatic rings. The number of hydrogen-bond donors (Lipinski definition) is 1. The molecule has 2 rings (SSSR count). The largest absolute Gasteiger partial charge is 0.497 e. The minimum atomic E-state index is 0.0972. The van der Waals surface area contributed by atoms with Crippen LogP contribution in [0.2, 0.25) is 5.02 Å². The van der Waals surface area contributed by atoms with Crippen LogP contribution < -0.4 is 10.5 Å². The molecule has 104 valence electrons. The highest BCUT2D eigenvalue weighted by Crippen LogP contribution is 2.24. The Hall–Kier alpha value is -1.26. The van der Waals surface area contributed by atoms with Gasteiger partial charge in [0.2, 0.25) is 5.91 Å². The third kappa shape index (κ3) is 3.19. The number of halogens is 1. The molecule has 0 radical (unpaired) electrons. The van der Waals surface area contributed by atoms with Crippen LogP contribution in [0.1, 0.15) is 18.4 Å². The lowest BCUT2D eigenvalue weighted by atomic mass is 10.1. The number of amides is 1. The molecule has 1 heterocycles. The first-order valence-electron chi connectivity index (χ1n) is 6.47. The molecule has 0 saturated carbocycles. The fourth-order valence-corrected chi connectivity index (χ4v) is 2.71. The summed E-state index contributed by atoms with van der Waals surface area (Å²) in [7, 11) is 1.59. The summed E-state index contributed by atoms with van der Waals surface area (Å²) in [6.07, 6.45) is 2.35. The van der Waals surface area contributed by atoms with Crippen molar-refractivity contribution in [2.24, 2.45) is 5.73 Å². The number of likely N-dealkylation sites (tertiary alicyclic amines) is 1. The van der Waals surface area contributed by atoms with E-state index in [1.54, 1.807) is 13.2 Å². The zero-order chi connectivity index (χ0) is 13.8. The van der Waals surface area contributed by atoms with Crippen molar-refractivity contribution in [2.45, 2.75) is 25.3 Å². The smallest absolute Gasteiger partial charge is 0.227 e. The van der Waals surface area contributed by atoms with Crippen LogP contribution in [0.25, 0.3) is 0 Å². The Kier molecular flexibility index (Phi) is 4.66. The average Bonchev–Trinajstić information content (AvgIpc) is 2.89. The van der Waals surface area contributed by atoms with Gasteiger partial charge in [0, 0.05) is 24.2 Å². The summed E-state index contributed by atoms with van der Waals surface area (Å²) < 4.78 is 5.09. The van der Waals surface area contributed by atoms with Crippen LogP contribution in [0.5, 0.6) is 5.75 Å². The van der Waals surface area contributed by atoms with E-state index in [0.717, 1.165) is 24.9 Å². The molecule has 0 aromatic heterocycles. The second kappa shape index (κ2) is 6.26. The van der Waals surface area contributed by atoms with Crippen molar-refractivity contribution in [3.8, 4) is 5.75 Å². The van der Waals surface area contributed by atoms with Crippen LogP contribution in [-0.4, -0.2) is 37.0 Å². The molecule has 0 bridgehead atoms. The molecule has 1 amide bonds. The standard InChI is InChI=1S/C14H19ClN2O2/c1-19-12-5-4-10(13(15)8-12)7-14(18)17-6-2-3-11(17)9-16/h4-5,8,11H,2-3,6-7,9,16H2,1H3/t11-/m1/s1. The minimum absolute atomic E-state index is 0.0972. The van der Waals surface area contributed by atoms with E-state index < -0.39 is 0 Å². The van der Waals surface area contributed by atoms with Gasteiger partial charge in [0.15, 0.2) is 0 Å². The lowest BCUT2D eigenvalue weighted by Gasteiger charge is -2.23. The number of carbonyl (C=O) groups is 1. The van der Waals surface area contributed by atoms with Crippen molar-refractivity contribution >= 4 is 17.5 Å². The molecule has 0 unspecified atom stereocenters. The van der Waals surface area contributed by atoms with Gasteiger partial charge in [-0.3, -0.25) is 4.79 Å². The molecule has 1 fully saturated rings. The highest BCUT2D eigenvalue weighted by Gasteiger charge is 2.27. The fourth-order valence-electron chi connectivity index (χ4n) is 2.47. The summed E-state index contributed by atoms with van der Waals surface area (Å²) >= 11 is 6.15. The first-order valence-corrected chi connectivity index (χ1v) is 6.85. The van der Waals surface area contributed by atoms with Crippen LogP contribution in [0.15, 0.2) is 18.2 Å². The quantitative estimate of drug-likeness (QED) is 0.917. The molecule has 1 aromatic carbocycles. The van der Waals surface area contributed by atoms with Gasteiger partial charge < -0.3 is 15.4 Å². The zero-order valence-electron chi connectivity index (χ0n) is 11.1. The molecular weight excluding hydrogens is 264 g/mol. The summed E-state index contributed by atoms with van der Waals surface area (Å²) in [4.78, 5) is 14.1. The van der Waals surface area contributed by atoms with Crippen LogP contribution in [-0.2, 0) is 11.2 Å². The highest BCUT2D eigenvalue weighted by atomic mass is 35.5. The Morgan fingerprint density at radius 2 is 2.37 bits per heavy atom. The maximum absolute atomic E-state index is 12.3. The normalized spacial score (nSPS) is 18.7. The van der Waals surface area contributed by atoms with Crippen LogP contribution in [0.4, 0.5) is 0 Å². The Morgan fingerprint density at radius 1 is 1.58 bits per heavy atom. The number of rotatable bonds is 4. The summed E-state index contributed by atoms with van der Waals surface area (Å²) in [5.74, 6) is 0.794. The number of nitrogens with two attached hydrogens (primary N) is 1. The van der Waals surface area contributed by atoms with Crippen molar-refractivity contribution in [2.75, 3.05) is 20.2 Å². The predicted molar refractivity (Wildman–Crippen MR) is 75.5 cm³/mol. The molecule has 1 atom stereocenters. The van der Waals surface area contributed by atoms with E-state index in [4.69, 9.17) is 22.1 Å². The van der Waals surface area contributed by atoms with Crippen molar-refractivity contribution in [1.29, 1.82) is 0 Å². The number of benzene rings is 1. The van der Waals surface area contributed by atoms with E-state index in [2.05, 4.69) is 0 Å². The SMILES string of the molecule is COc1ccc(CC(=O)N2CCC[C@@H]2CN)c(Cl)c1. The van der Waals surface area contributed by atoms with Gasteiger partial charge in [-0.05, 0) is 30.5 Å². The van der Waals surface area contributed by atoms with Gasteiger partial charge >= 0.3 is 0 Å². The molecule has 0 aliphatic carbocycles. The van der Waals surface area contributed by atoms with E-state index in [1.165, 1.54) is 0 Å². The Morgan fingerprint density at radius 3 is 3.00 bits per heavy atom. The molecule has 4 nitrogen and oxygen atoms in total. The van der Waals surface area contributed by atoms with Crippen molar-refractivity contribution in [3.05, 3.63) is 28.8 Å². The van der Waals surface area contributed by atoms with Gasteiger partial charge in [-0.15, -0.1) is 0 Å². The number of nitrogens with zero attached hydrogens (tertiary/aromatic N) is 1. The lowest BCUT2D eigenvalue weighted by molar-refractivity contribution is -0.131. The minimum Gasteiger partial charge on any atom is -0.497 e. The summed E-state index contributed by atoms with van der Waals surface area (Å²) in [6, 6.07) is 5.57. The molecule has 2 N–H and O–H groups in total. The Balaban J connectivity index is 2.06.